The smallest absolute Gasteiger partial charge is 0.337 e. The van der Waals surface area contributed by atoms with Crippen LogP contribution in [0.5, 0.6) is 11.5 Å². The number of ether oxygens (including phenoxy) is 3. The van der Waals surface area contributed by atoms with Crippen LogP contribution in [0.3, 0.4) is 0 Å². The number of aryl methyl sites for hydroxylation is 1. The zero-order valence-corrected chi connectivity index (χ0v) is 23.4. The van der Waals surface area contributed by atoms with Gasteiger partial charge < -0.3 is 19.3 Å². The Bertz CT molecular complexity index is 1690. The molecule has 8 nitrogen and oxygen atoms in total. The number of methoxy groups -OCH3 is 2. The van der Waals surface area contributed by atoms with E-state index in [0.29, 0.717) is 29.2 Å². The molecule has 1 amide bonds. The van der Waals surface area contributed by atoms with Crippen LogP contribution in [0.25, 0.3) is 5.76 Å². The first-order valence-electron chi connectivity index (χ1n) is 13.2. The van der Waals surface area contributed by atoms with Gasteiger partial charge in [0.2, 0.25) is 0 Å². The van der Waals surface area contributed by atoms with Crippen LogP contribution in [0.1, 0.15) is 38.7 Å². The number of anilines is 1. The number of aliphatic hydroxyl groups excluding tert-OH is 1. The summed E-state index contributed by atoms with van der Waals surface area (Å²) in [6, 6.07) is 27.0. The maximum absolute atomic E-state index is 13.6. The summed E-state index contributed by atoms with van der Waals surface area (Å²) in [6.45, 7) is 2.21. The normalized spacial score (nSPS) is 15.9. The molecule has 0 bridgehead atoms. The van der Waals surface area contributed by atoms with E-state index in [1.54, 1.807) is 60.7 Å². The molecule has 1 fully saturated rings. The average molecular weight is 564 g/mol. The Morgan fingerprint density at radius 1 is 0.833 bits per heavy atom. The quantitative estimate of drug-likeness (QED) is 0.121. The zero-order chi connectivity index (χ0) is 29.8. The minimum absolute atomic E-state index is 0.106. The molecule has 5 rings (SSSR count). The van der Waals surface area contributed by atoms with Crippen molar-refractivity contribution in [1.82, 2.24) is 0 Å². The summed E-state index contributed by atoms with van der Waals surface area (Å²) in [5.74, 6) is -1.61. The van der Waals surface area contributed by atoms with Gasteiger partial charge in [-0.25, -0.2) is 4.79 Å². The molecule has 1 N–H and O–H groups in total. The van der Waals surface area contributed by atoms with Gasteiger partial charge >= 0.3 is 5.97 Å². The lowest BCUT2D eigenvalue weighted by Crippen LogP contribution is -2.29. The first-order chi connectivity index (χ1) is 20.3. The van der Waals surface area contributed by atoms with Crippen molar-refractivity contribution in [2.45, 2.75) is 19.6 Å². The third-order valence-corrected chi connectivity index (χ3v) is 7.11. The first-order valence-corrected chi connectivity index (χ1v) is 13.2. The molecule has 0 saturated carbocycles. The molecule has 1 atom stereocenters. The number of carbonyl (C=O) groups is 3. The second kappa shape index (κ2) is 12.0. The standard InChI is InChI=1S/C34H29NO7/c1-21-18-23(16-17-27(21)42-20-22-10-5-4-6-11-22)31(36)29-30(26-14-7-8-15-28(26)40-2)35(33(38)32(29)37)25-13-9-12-24(19-25)34(39)41-3/h4-19,30,36H,20H2,1-3H3/b31-29+. The fourth-order valence-corrected chi connectivity index (χ4v) is 5.04. The van der Waals surface area contributed by atoms with E-state index in [2.05, 4.69) is 0 Å². The van der Waals surface area contributed by atoms with Crippen LogP contribution in [-0.2, 0) is 20.9 Å². The number of carbonyl (C=O) groups excluding carboxylic acids is 3. The summed E-state index contributed by atoms with van der Waals surface area (Å²) >= 11 is 0. The Labute approximate surface area is 243 Å². The lowest BCUT2D eigenvalue weighted by atomic mass is 9.94. The molecule has 4 aromatic rings. The van der Waals surface area contributed by atoms with Crippen molar-refractivity contribution in [2.75, 3.05) is 19.1 Å². The van der Waals surface area contributed by atoms with E-state index >= 15 is 0 Å². The van der Waals surface area contributed by atoms with Crippen LogP contribution in [0, 0.1) is 6.92 Å². The van der Waals surface area contributed by atoms with Crippen molar-refractivity contribution in [3.05, 3.63) is 130 Å². The third-order valence-electron chi connectivity index (χ3n) is 7.11. The van der Waals surface area contributed by atoms with E-state index in [1.165, 1.54) is 25.2 Å². The number of amides is 1. The minimum Gasteiger partial charge on any atom is -0.507 e. The van der Waals surface area contributed by atoms with E-state index < -0.39 is 23.7 Å². The molecule has 0 radical (unpaired) electrons. The molecule has 0 spiro atoms. The summed E-state index contributed by atoms with van der Waals surface area (Å²) in [4.78, 5) is 40.7. The van der Waals surface area contributed by atoms with Gasteiger partial charge in [-0.3, -0.25) is 14.5 Å². The fraction of sp³-hybridized carbons (Fsp3) is 0.147. The summed E-state index contributed by atoms with van der Waals surface area (Å²) in [7, 11) is 2.75. The van der Waals surface area contributed by atoms with Crippen LogP contribution >= 0.6 is 0 Å². The first kappa shape index (κ1) is 28.2. The maximum Gasteiger partial charge on any atom is 0.337 e. The van der Waals surface area contributed by atoms with Crippen molar-refractivity contribution in [3.8, 4) is 11.5 Å². The van der Waals surface area contributed by atoms with E-state index in [9.17, 15) is 19.5 Å². The molecule has 1 heterocycles. The molecular formula is C34H29NO7. The topological polar surface area (TPSA) is 102 Å². The number of esters is 1. The number of nitrogens with zero attached hydrogens (tertiary/aromatic N) is 1. The van der Waals surface area contributed by atoms with Crippen LogP contribution in [0.15, 0.2) is 103 Å². The number of aliphatic hydroxyl groups is 1. The summed E-state index contributed by atoms with van der Waals surface area (Å²) in [5, 5.41) is 11.6. The molecule has 0 aliphatic carbocycles. The van der Waals surface area contributed by atoms with Crippen LogP contribution < -0.4 is 14.4 Å². The molecule has 212 valence electrons. The third kappa shape index (κ3) is 5.34. The molecular weight excluding hydrogens is 534 g/mol. The predicted molar refractivity (Wildman–Crippen MR) is 158 cm³/mol. The highest BCUT2D eigenvalue weighted by atomic mass is 16.5. The van der Waals surface area contributed by atoms with Gasteiger partial charge in [0.25, 0.3) is 11.7 Å². The fourth-order valence-electron chi connectivity index (χ4n) is 5.04. The second-order valence-corrected chi connectivity index (χ2v) is 9.71. The molecule has 42 heavy (non-hydrogen) atoms. The molecule has 1 aliphatic rings. The minimum atomic E-state index is -1.04. The van der Waals surface area contributed by atoms with E-state index in [-0.39, 0.29) is 22.6 Å². The Morgan fingerprint density at radius 3 is 2.29 bits per heavy atom. The van der Waals surface area contributed by atoms with Crippen LogP contribution in [0.4, 0.5) is 5.69 Å². The van der Waals surface area contributed by atoms with Crippen molar-refractivity contribution in [1.29, 1.82) is 0 Å². The van der Waals surface area contributed by atoms with Gasteiger partial charge in [-0.1, -0.05) is 54.6 Å². The van der Waals surface area contributed by atoms with Gasteiger partial charge in [0, 0.05) is 16.8 Å². The summed E-state index contributed by atoms with van der Waals surface area (Å²) < 4.78 is 16.4. The van der Waals surface area contributed by atoms with E-state index in [0.717, 1.165) is 11.1 Å². The van der Waals surface area contributed by atoms with Gasteiger partial charge in [0.05, 0.1) is 31.4 Å². The second-order valence-electron chi connectivity index (χ2n) is 9.71. The monoisotopic (exact) mass is 563 g/mol. The molecule has 4 aromatic carbocycles. The SMILES string of the molecule is COC(=O)c1cccc(N2C(=O)C(=O)/C(=C(/O)c3ccc(OCc4ccccc4)c(C)c3)C2c2ccccc2OC)c1. The molecule has 0 aromatic heterocycles. The summed E-state index contributed by atoms with van der Waals surface area (Å²) in [6.07, 6.45) is 0. The molecule has 1 aliphatic heterocycles. The van der Waals surface area contributed by atoms with Gasteiger partial charge in [0.1, 0.15) is 23.9 Å². The van der Waals surface area contributed by atoms with Crippen molar-refractivity contribution in [2.24, 2.45) is 0 Å². The highest BCUT2D eigenvalue weighted by molar-refractivity contribution is 6.51. The predicted octanol–water partition coefficient (Wildman–Crippen LogP) is 6.00. The number of benzene rings is 4. The Kier molecular flexibility index (Phi) is 8.06. The Morgan fingerprint density at radius 2 is 1.57 bits per heavy atom. The van der Waals surface area contributed by atoms with Crippen molar-refractivity contribution < 1.29 is 33.7 Å². The lowest BCUT2D eigenvalue weighted by molar-refractivity contribution is -0.132. The van der Waals surface area contributed by atoms with E-state index in [1.807, 2.05) is 37.3 Å². The largest absolute Gasteiger partial charge is 0.507 e. The van der Waals surface area contributed by atoms with Crippen molar-refractivity contribution in [3.63, 3.8) is 0 Å². The maximum atomic E-state index is 13.6. The van der Waals surface area contributed by atoms with Crippen LogP contribution in [-0.4, -0.2) is 37.0 Å². The molecule has 8 heteroatoms. The average Bonchev–Trinajstić information content (AvgIpc) is 3.29. The number of ketones is 1. The Balaban J connectivity index is 1.60. The number of para-hydroxylation sites is 1. The number of hydrogen-bond acceptors (Lipinski definition) is 7. The highest BCUT2D eigenvalue weighted by Gasteiger charge is 2.48. The molecule has 1 unspecified atom stereocenters. The number of rotatable bonds is 8. The molecule has 1 saturated heterocycles. The summed E-state index contributed by atoms with van der Waals surface area (Å²) in [5.41, 5.74) is 2.98. The number of Topliss-reactive ketones (excluding diaryl/α,β-unsaturated/α-hetero) is 1. The van der Waals surface area contributed by atoms with Gasteiger partial charge in [-0.15, -0.1) is 0 Å². The van der Waals surface area contributed by atoms with Gasteiger partial charge in [-0.05, 0) is 60.5 Å². The Hall–Kier alpha value is -5.37. The van der Waals surface area contributed by atoms with Gasteiger partial charge in [0.15, 0.2) is 0 Å². The van der Waals surface area contributed by atoms with Crippen molar-refractivity contribution >= 4 is 29.1 Å². The highest BCUT2D eigenvalue weighted by Crippen LogP contribution is 2.45. The van der Waals surface area contributed by atoms with Crippen LogP contribution in [0.2, 0.25) is 0 Å². The van der Waals surface area contributed by atoms with Gasteiger partial charge in [-0.2, -0.15) is 0 Å². The van der Waals surface area contributed by atoms with E-state index in [4.69, 9.17) is 14.2 Å². The lowest BCUT2D eigenvalue weighted by Gasteiger charge is -2.27. The zero-order valence-electron chi connectivity index (χ0n) is 23.4. The number of hydrogen-bond donors (Lipinski definition) is 1.